The molecule has 0 aliphatic heterocycles. The lowest BCUT2D eigenvalue weighted by atomic mass is 9.82. The molecule has 0 saturated carbocycles. The molecule has 0 aliphatic carbocycles. The Bertz CT molecular complexity index is 1440. The number of allylic oxidation sites excluding steroid dienone is 1. The standard InChI is InChI=1S/4C14H22.C9H20.C3H8.C3H6.4C2H6/c4*1-11(2)10-14(12(3)4)13-8-6-5-7-9-13;1-7(2)6-9(5)8(3)4;2*1-3-2;4*1-2/h4*5-9,11-12,14H,10H2,1-4H3;7-9H,6H2,1-5H3;3H2,1-2H3;3H,1H2,2H3;4*1-2H3. The van der Waals surface area contributed by atoms with Crippen molar-refractivity contribution in [2.45, 2.75) is 284 Å². The van der Waals surface area contributed by atoms with Gasteiger partial charge in [-0.25, -0.2) is 0 Å². The van der Waals surface area contributed by atoms with Crippen LogP contribution in [0.1, 0.15) is 306 Å². The molecule has 0 heteroatoms. The van der Waals surface area contributed by atoms with E-state index < -0.39 is 0 Å². The van der Waals surface area contributed by atoms with Crippen LogP contribution in [0.25, 0.3) is 0 Å². The maximum Gasteiger partial charge on any atom is -0.0136 e. The molecular formula is C79H146. The first-order valence-corrected chi connectivity index (χ1v) is 33.1. The highest BCUT2D eigenvalue weighted by molar-refractivity contribution is 5.22. The zero-order chi connectivity index (χ0) is 63.1. The number of hydrogen-bond donors (Lipinski definition) is 0. The van der Waals surface area contributed by atoms with Gasteiger partial charge in [0.15, 0.2) is 0 Å². The highest BCUT2D eigenvalue weighted by atomic mass is 14.2. The zero-order valence-electron chi connectivity index (χ0n) is 59.7. The first kappa shape index (κ1) is 89.4. The Balaban J connectivity index is -0.000000156. The molecule has 0 fully saturated rings. The van der Waals surface area contributed by atoms with Gasteiger partial charge in [0.25, 0.3) is 0 Å². The Labute approximate surface area is 502 Å². The number of benzene rings is 4. The van der Waals surface area contributed by atoms with E-state index in [1.165, 1.54) is 60.8 Å². The Morgan fingerprint density at radius 2 is 0.418 bits per heavy atom. The number of rotatable bonds is 19. The Morgan fingerprint density at radius 3 is 0.506 bits per heavy atom. The molecule has 0 N–H and O–H groups in total. The molecule has 4 aromatic rings. The Morgan fingerprint density at radius 1 is 0.278 bits per heavy atom. The van der Waals surface area contributed by atoms with E-state index in [9.17, 15) is 0 Å². The van der Waals surface area contributed by atoms with Crippen molar-refractivity contribution >= 4 is 0 Å². The summed E-state index contributed by atoms with van der Waals surface area (Å²) in [6, 6.07) is 43.6. The summed E-state index contributed by atoms with van der Waals surface area (Å²) in [5.41, 5.74) is 5.99. The van der Waals surface area contributed by atoms with Crippen LogP contribution in [0, 0.1) is 65.1 Å². The highest BCUT2D eigenvalue weighted by Crippen LogP contribution is 2.33. The first-order chi connectivity index (χ1) is 37.3. The molecule has 0 amide bonds. The molecule has 0 bridgehead atoms. The summed E-state index contributed by atoms with van der Waals surface area (Å²) in [5.74, 6) is 11.6. The fourth-order valence-electron chi connectivity index (χ4n) is 9.02. The average Bonchev–Trinajstić information content (AvgIpc) is 3.42. The Hall–Kier alpha value is -3.38. The molecule has 0 nitrogen and oxygen atoms in total. The van der Waals surface area contributed by atoms with E-state index in [1.54, 1.807) is 6.08 Å². The predicted octanol–water partition coefficient (Wildman–Crippen LogP) is 27.9. The van der Waals surface area contributed by atoms with E-state index in [2.05, 4.69) is 287 Å². The summed E-state index contributed by atoms with van der Waals surface area (Å²) in [7, 11) is 0. The zero-order valence-corrected chi connectivity index (χ0v) is 59.7. The van der Waals surface area contributed by atoms with Gasteiger partial charge >= 0.3 is 0 Å². The van der Waals surface area contributed by atoms with E-state index in [0.29, 0.717) is 0 Å². The van der Waals surface area contributed by atoms with Gasteiger partial charge in [-0.15, -0.1) is 6.58 Å². The molecule has 5 unspecified atom stereocenters. The summed E-state index contributed by atoms with van der Waals surface area (Å²) in [6.07, 6.45) is 9.55. The minimum absolute atomic E-state index is 0.719. The smallest absolute Gasteiger partial charge is 0.0136 e. The van der Waals surface area contributed by atoms with Crippen molar-refractivity contribution in [1.29, 1.82) is 0 Å². The van der Waals surface area contributed by atoms with Crippen LogP contribution in [-0.2, 0) is 0 Å². The second-order valence-corrected chi connectivity index (χ2v) is 24.5. The van der Waals surface area contributed by atoms with Crippen LogP contribution in [0.5, 0.6) is 0 Å². The molecule has 79 heavy (non-hydrogen) atoms. The summed E-state index contributed by atoms with van der Waals surface area (Å²) >= 11 is 0. The van der Waals surface area contributed by atoms with Crippen molar-refractivity contribution in [2.24, 2.45) is 65.1 Å². The maximum absolute atomic E-state index is 3.36. The molecule has 462 valence electrons. The summed E-state index contributed by atoms with van der Waals surface area (Å²) in [5, 5.41) is 0. The van der Waals surface area contributed by atoms with Gasteiger partial charge in [-0.3, -0.25) is 0 Å². The van der Waals surface area contributed by atoms with E-state index in [-0.39, 0.29) is 0 Å². The molecule has 0 heterocycles. The van der Waals surface area contributed by atoms with Crippen molar-refractivity contribution in [3.8, 4) is 0 Å². The van der Waals surface area contributed by atoms with E-state index >= 15 is 0 Å². The maximum atomic E-state index is 3.36. The van der Waals surface area contributed by atoms with Crippen molar-refractivity contribution < 1.29 is 0 Å². The largest absolute Gasteiger partial charge is 0.103 e. The Kier molecular flexibility index (Phi) is 70.4. The van der Waals surface area contributed by atoms with Crippen LogP contribution in [0.4, 0.5) is 0 Å². The van der Waals surface area contributed by atoms with Gasteiger partial charge in [-0.1, -0.05) is 348 Å². The predicted molar refractivity (Wildman–Crippen MR) is 375 cm³/mol. The van der Waals surface area contributed by atoms with Gasteiger partial charge in [-0.05, 0) is 150 Å². The van der Waals surface area contributed by atoms with Gasteiger partial charge in [0.2, 0.25) is 0 Å². The number of hydrogen-bond acceptors (Lipinski definition) is 0. The van der Waals surface area contributed by atoms with Crippen LogP contribution in [0.2, 0.25) is 0 Å². The highest BCUT2D eigenvalue weighted by Gasteiger charge is 2.19. The van der Waals surface area contributed by atoms with Gasteiger partial charge < -0.3 is 0 Å². The molecule has 4 rings (SSSR count). The van der Waals surface area contributed by atoms with E-state index in [1.807, 2.05) is 62.3 Å². The molecular weight excluding hydrogens is 949 g/mol. The van der Waals surface area contributed by atoms with Gasteiger partial charge in [0.1, 0.15) is 0 Å². The third-order valence-corrected chi connectivity index (χ3v) is 13.0. The fourth-order valence-corrected chi connectivity index (χ4v) is 9.02. The molecule has 0 spiro atoms. The van der Waals surface area contributed by atoms with Crippen LogP contribution in [0.15, 0.2) is 134 Å². The second kappa shape index (κ2) is 62.2. The molecule has 0 aliphatic rings. The van der Waals surface area contributed by atoms with Crippen molar-refractivity contribution in [3.05, 3.63) is 156 Å². The monoisotopic (exact) mass is 1100 g/mol. The van der Waals surface area contributed by atoms with E-state index in [4.69, 9.17) is 0 Å². The molecule has 0 saturated heterocycles. The fraction of sp³-hybridized carbons (Fsp3) is 0.671. The molecule has 4 aromatic carbocycles. The van der Waals surface area contributed by atoms with Crippen LogP contribution < -0.4 is 0 Å². The van der Waals surface area contributed by atoms with Gasteiger partial charge in [0, 0.05) is 0 Å². The second-order valence-electron chi connectivity index (χ2n) is 24.5. The van der Waals surface area contributed by atoms with Crippen LogP contribution >= 0.6 is 0 Å². The lowest BCUT2D eigenvalue weighted by Gasteiger charge is -2.23. The molecule has 0 aromatic heterocycles. The first-order valence-electron chi connectivity index (χ1n) is 33.1. The summed E-state index contributed by atoms with van der Waals surface area (Å²) in [6.45, 7) is 74.0. The quantitative estimate of drug-likeness (QED) is 0.0821. The van der Waals surface area contributed by atoms with Gasteiger partial charge in [-0.2, -0.15) is 0 Å². The van der Waals surface area contributed by atoms with Crippen LogP contribution in [0.3, 0.4) is 0 Å². The molecule has 5 atom stereocenters. The van der Waals surface area contributed by atoms with E-state index in [0.717, 1.165) is 88.8 Å². The third kappa shape index (κ3) is 55.0. The lowest BCUT2D eigenvalue weighted by Crippen LogP contribution is -2.09. The minimum atomic E-state index is 0.719. The normalized spacial score (nSPS) is 12.0. The summed E-state index contributed by atoms with van der Waals surface area (Å²) < 4.78 is 0. The average molecular weight is 1100 g/mol. The van der Waals surface area contributed by atoms with Crippen LogP contribution in [-0.4, -0.2) is 0 Å². The van der Waals surface area contributed by atoms with Crippen molar-refractivity contribution in [1.82, 2.24) is 0 Å². The van der Waals surface area contributed by atoms with Crippen molar-refractivity contribution in [3.63, 3.8) is 0 Å². The topological polar surface area (TPSA) is 0 Å². The lowest BCUT2D eigenvalue weighted by molar-refractivity contribution is 0.344. The van der Waals surface area contributed by atoms with Gasteiger partial charge in [0.05, 0.1) is 0 Å². The SMILES string of the molecule is C=CC.CC.CC.CC.CC.CC(C)CC(C)C(C)C.CC(C)CC(c1ccccc1)C(C)C.CC(C)CC(c1ccccc1)C(C)C.CC(C)CC(c1ccccc1)C(C)C.CC(C)CC(c1ccccc1)C(C)C.CCC. The third-order valence-electron chi connectivity index (χ3n) is 13.0. The molecule has 0 radical (unpaired) electrons. The van der Waals surface area contributed by atoms with Crippen molar-refractivity contribution in [2.75, 3.05) is 0 Å². The summed E-state index contributed by atoms with van der Waals surface area (Å²) in [4.78, 5) is 0. The minimum Gasteiger partial charge on any atom is -0.103 e.